The zero-order chi connectivity index (χ0) is 25.6. The van der Waals surface area contributed by atoms with Crippen molar-refractivity contribution in [3.05, 3.63) is 53.1 Å². The maximum Gasteiger partial charge on any atom is 0.124 e. The van der Waals surface area contributed by atoms with Crippen molar-refractivity contribution in [1.29, 1.82) is 0 Å². The zero-order valence-electron chi connectivity index (χ0n) is 22.2. The Hall–Kier alpha value is -2.82. The molecule has 2 N–H and O–H groups in total. The molecule has 0 aromatic heterocycles. The number of aryl methyl sites for hydroxylation is 1. The van der Waals surface area contributed by atoms with Crippen LogP contribution in [0.2, 0.25) is 0 Å². The van der Waals surface area contributed by atoms with Gasteiger partial charge in [-0.15, -0.1) is 0 Å². The molecule has 36 heavy (non-hydrogen) atoms. The van der Waals surface area contributed by atoms with Gasteiger partial charge in [0.25, 0.3) is 0 Å². The third-order valence-electron chi connectivity index (χ3n) is 6.95. The summed E-state index contributed by atoms with van der Waals surface area (Å²) < 4.78 is 5.95. The van der Waals surface area contributed by atoms with Gasteiger partial charge in [0.15, 0.2) is 0 Å². The van der Waals surface area contributed by atoms with E-state index in [0.717, 1.165) is 49.0 Å². The van der Waals surface area contributed by atoms with E-state index in [9.17, 15) is 10.2 Å². The lowest BCUT2D eigenvalue weighted by Gasteiger charge is -2.25. The number of phenolic OH excluding ortho intramolecular Hbond substituents is 2. The van der Waals surface area contributed by atoms with Crippen LogP contribution in [0.25, 0.3) is 0 Å². The molecule has 1 fully saturated rings. The molecule has 196 valence electrons. The lowest BCUT2D eigenvalue weighted by molar-refractivity contribution is 0.303. The predicted molar refractivity (Wildman–Crippen MR) is 150 cm³/mol. The fourth-order valence-corrected chi connectivity index (χ4v) is 4.72. The van der Waals surface area contributed by atoms with Crippen molar-refractivity contribution in [2.45, 2.75) is 103 Å². The van der Waals surface area contributed by atoms with Crippen LogP contribution < -0.4 is 4.74 Å². The Balaban J connectivity index is 1.52. The van der Waals surface area contributed by atoms with Gasteiger partial charge >= 0.3 is 0 Å². The monoisotopic (exact) mass is 492 g/mol. The molecule has 1 aliphatic carbocycles. The van der Waals surface area contributed by atoms with Gasteiger partial charge in [-0.3, -0.25) is 9.98 Å². The highest BCUT2D eigenvalue weighted by molar-refractivity contribution is 5.85. The molecular formula is C31H44N2O3. The number of phenols is 2. The average Bonchev–Trinajstić information content (AvgIpc) is 2.89. The van der Waals surface area contributed by atoms with Gasteiger partial charge in [-0.2, -0.15) is 0 Å². The van der Waals surface area contributed by atoms with E-state index in [-0.39, 0.29) is 23.6 Å². The van der Waals surface area contributed by atoms with Crippen molar-refractivity contribution in [3.8, 4) is 17.2 Å². The topological polar surface area (TPSA) is 74.4 Å². The van der Waals surface area contributed by atoms with Crippen molar-refractivity contribution in [2.75, 3.05) is 6.61 Å². The molecule has 3 rings (SSSR count). The summed E-state index contributed by atoms with van der Waals surface area (Å²) in [5, 5.41) is 20.5. The van der Waals surface area contributed by atoms with E-state index >= 15 is 0 Å². The smallest absolute Gasteiger partial charge is 0.124 e. The molecule has 1 saturated carbocycles. The predicted octanol–water partition coefficient (Wildman–Crippen LogP) is 7.77. The van der Waals surface area contributed by atoms with Crippen LogP contribution in [-0.2, 0) is 0 Å². The standard InChI is InChI=1S/C31H44N2O3/c1-3-4-5-6-7-8-9-12-19-36-27-16-18-31(35)26(21-27)23-33-29-14-11-10-13-28(29)32-22-25-20-24(2)15-17-30(25)34/h15-18,20-23,28-29,34-35H,3-14,19H2,1-2H3/t28-,29-/m1/s1. The van der Waals surface area contributed by atoms with Gasteiger partial charge in [0, 0.05) is 23.6 Å². The molecule has 2 aromatic carbocycles. The number of aromatic hydroxyl groups is 2. The summed E-state index contributed by atoms with van der Waals surface area (Å²) in [5.41, 5.74) is 2.50. The minimum atomic E-state index is 0.0586. The van der Waals surface area contributed by atoms with E-state index in [1.807, 2.05) is 31.2 Å². The Morgan fingerprint density at radius 2 is 1.33 bits per heavy atom. The van der Waals surface area contributed by atoms with Crippen molar-refractivity contribution in [2.24, 2.45) is 9.98 Å². The molecule has 0 heterocycles. The number of hydrogen-bond donors (Lipinski definition) is 2. The molecule has 2 atom stereocenters. The normalized spacial score (nSPS) is 18.3. The van der Waals surface area contributed by atoms with Gasteiger partial charge in [0.2, 0.25) is 0 Å². The van der Waals surface area contributed by atoms with E-state index in [4.69, 9.17) is 14.7 Å². The molecule has 1 aliphatic rings. The first-order chi connectivity index (χ1) is 17.6. The van der Waals surface area contributed by atoms with Crippen molar-refractivity contribution in [1.82, 2.24) is 0 Å². The summed E-state index contributed by atoms with van der Waals surface area (Å²) in [4.78, 5) is 9.61. The van der Waals surface area contributed by atoms with Crippen LogP contribution >= 0.6 is 0 Å². The Kier molecular flexibility index (Phi) is 11.8. The van der Waals surface area contributed by atoms with Crippen molar-refractivity contribution < 1.29 is 14.9 Å². The van der Waals surface area contributed by atoms with Crippen LogP contribution in [0.1, 0.15) is 101 Å². The molecular weight excluding hydrogens is 448 g/mol. The van der Waals surface area contributed by atoms with Crippen LogP contribution in [-0.4, -0.2) is 41.3 Å². The van der Waals surface area contributed by atoms with E-state index < -0.39 is 0 Å². The quantitative estimate of drug-likeness (QED) is 0.209. The van der Waals surface area contributed by atoms with Crippen LogP contribution in [0.15, 0.2) is 46.4 Å². The third-order valence-corrected chi connectivity index (χ3v) is 6.95. The van der Waals surface area contributed by atoms with E-state index in [1.54, 1.807) is 24.6 Å². The van der Waals surface area contributed by atoms with Crippen LogP contribution in [0.3, 0.4) is 0 Å². The highest BCUT2D eigenvalue weighted by atomic mass is 16.5. The molecule has 0 saturated heterocycles. The highest BCUT2D eigenvalue weighted by Crippen LogP contribution is 2.27. The first kappa shape index (κ1) is 27.8. The second-order valence-electron chi connectivity index (χ2n) is 10.1. The molecule has 0 radical (unpaired) electrons. The number of unbranched alkanes of at least 4 members (excludes halogenated alkanes) is 7. The molecule has 5 nitrogen and oxygen atoms in total. The first-order valence-electron chi connectivity index (χ1n) is 13.9. The largest absolute Gasteiger partial charge is 0.507 e. The Bertz CT molecular complexity index is 986. The maximum absolute atomic E-state index is 10.4. The summed E-state index contributed by atoms with van der Waals surface area (Å²) in [5.74, 6) is 1.22. The highest BCUT2D eigenvalue weighted by Gasteiger charge is 2.23. The molecule has 0 aliphatic heterocycles. The number of hydrogen-bond acceptors (Lipinski definition) is 5. The average molecular weight is 493 g/mol. The molecule has 2 aromatic rings. The third kappa shape index (κ3) is 9.33. The Morgan fingerprint density at radius 1 is 0.778 bits per heavy atom. The molecule has 5 heteroatoms. The summed E-state index contributed by atoms with van der Waals surface area (Å²) in [6, 6.07) is 11.0. The lowest BCUT2D eigenvalue weighted by atomic mass is 9.91. The van der Waals surface area contributed by atoms with Gasteiger partial charge in [-0.1, -0.05) is 76.3 Å². The fraction of sp³-hybridized carbons (Fsp3) is 0.548. The van der Waals surface area contributed by atoms with Gasteiger partial charge in [0.1, 0.15) is 17.2 Å². The van der Waals surface area contributed by atoms with E-state index in [1.165, 1.54) is 44.9 Å². The van der Waals surface area contributed by atoms with Crippen LogP contribution in [0.4, 0.5) is 0 Å². The van der Waals surface area contributed by atoms with Gasteiger partial charge in [-0.05, 0) is 56.5 Å². The molecule has 0 unspecified atom stereocenters. The zero-order valence-corrected chi connectivity index (χ0v) is 22.2. The number of benzene rings is 2. The summed E-state index contributed by atoms with van der Waals surface area (Å²) in [6.07, 6.45) is 17.9. The molecule has 0 bridgehead atoms. The number of nitrogens with zero attached hydrogens (tertiary/aromatic N) is 2. The minimum Gasteiger partial charge on any atom is -0.507 e. The molecule has 0 amide bonds. The number of rotatable bonds is 14. The second-order valence-corrected chi connectivity index (χ2v) is 10.1. The number of aliphatic imine (C=N–C) groups is 2. The first-order valence-corrected chi connectivity index (χ1v) is 13.9. The SMILES string of the molecule is CCCCCCCCCCOc1ccc(O)c(C=N[C@@H]2CCCC[C@H]2N=Cc2cc(C)ccc2O)c1. The Labute approximate surface area is 217 Å². The second kappa shape index (κ2) is 15.3. The fourth-order valence-electron chi connectivity index (χ4n) is 4.72. The summed E-state index contributed by atoms with van der Waals surface area (Å²) in [7, 11) is 0. The molecule has 0 spiro atoms. The van der Waals surface area contributed by atoms with Crippen molar-refractivity contribution in [3.63, 3.8) is 0 Å². The van der Waals surface area contributed by atoms with Crippen molar-refractivity contribution >= 4 is 12.4 Å². The summed E-state index contributed by atoms with van der Waals surface area (Å²) >= 11 is 0. The Morgan fingerprint density at radius 3 is 1.97 bits per heavy atom. The maximum atomic E-state index is 10.4. The van der Waals surface area contributed by atoms with Gasteiger partial charge in [0.05, 0.1) is 18.7 Å². The van der Waals surface area contributed by atoms with Crippen LogP contribution in [0.5, 0.6) is 17.2 Å². The van der Waals surface area contributed by atoms with Gasteiger partial charge in [-0.25, -0.2) is 0 Å². The van der Waals surface area contributed by atoms with E-state index in [0.29, 0.717) is 12.2 Å². The van der Waals surface area contributed by atoms with Crippen LogP contribution in [0, 0.1) is 6.92 Å². The summed E-state index contributed by atoms with van der Waals surface area (Å²) in [6.45, 7) is 4.95. The number of ether oxygens (including phenoxy) is 1. The minimum absolute atomic E-state index is 0.0586. The lowest BCUT2D eigenvalue weighted by Crippen LogP contribution is -2.27. The van der Waals surface area contributed by atoms with E-state index in [2.05, 4.69) is 6.92 Å². The van der Waals surface area contributed by atoms with Gasteiger partial charge < -0.3 is 14.9 Å².